The van der Waals surface area contributed by atoms with E-state index in [1.165, 1.54) is 22.3 Å². The van der Waals surface area contributed by atoms with Crippen LogP contribution >= 0.6 is 0 Å². The minimum atomic E-state index is 0.0192. The fourth-order valence-corrected chi connectivity index (χ4v) is 4.67. The second-order valence-electron chi connectivity index (χ2n) is 10.4. The molecule has 1 aliphatic carbocycles. The summed E-state index contributed by atoms with van der Waals surface area (Å²) in [5, 5.41) is 3.60. The molecule has 0 spiro atoms. The van der Waals surface area contributed by atoms with Crippen molar-refractivity contribution in [3.05, 3.63) is 96.4 Å². The summed E-state index contributed by atoms with van der Waals surface area (Å²) in [5.41, 5.74) is 8.19. The van der Waals surface area contributed by atoms with E-state index >= 15 is 0 Å². The second kappa shape index (κ2) is 10.2. The summed E-state index contributed by atoms with van der Waals surface area (Å²) in [6.07, 6.45) is 10.2. The number of nitrogens with zero attached hydrogens (tertiary/aromatic N) is 3. The fraction of sp³-hybridized carbons (Fsp3) is 0.355. The van der Waals surface area contributed by atoms with Crippen molar-refractivity contribution in [2.75, 3.05) is 18.4 Å². The number of aryl methyl sites for hydroxylation is 1. The van der Waals surface area contributed by atoms with E-state index in [9.17, 15) is 0 Å². The zero-order chi connectivity index (χ0) is 25.1. The van der Waals surface area contributed by atoms with Crippen LogP contribution in [0.5, 0.6) is 0 Å². The Labute approximate surface area is 214 Å². The van der Waals surface area contributed by atoms with Gasteiger partial charge < -0.3 is 15.0 Å². The molecule has 2 aromatic heterocycles. The van der Waals surface area contributed by atoms with E-state index in [4.69, 9.17) is 9.72 Å². The van der Waals surface area contributed by atoms with E-state index in [0.717, 1.165) is 61.7 Å². The van der Waals surface area contributed by atoms with Gasteiger partial charge in [-0.05, 0) is 99.6 Å². The Morgan fingerprint density at radius 1 is 1.11 bits per heavy atom. The van der Waals surface area contributed by atoms with Crippen LogP contribution in [0.1, 0.15) is 50.1 Å². The van der Waals surface area contributed by atoms with Gasteiger partial charge in [0.25, 0.3) is 0 Å². The van der Waals surface area contributed by atoms with Gasteiger partial charge in [-0.1, -0.05) is 30.3 Å². The highest BCUT2D eigenvalue weighted by Gasteiger charge is 2.41. The molecule has 1 N–H and O–H groups in total. The molecule has 3 heterocycles. The zero-order valence-corrected chi connectivity index (χ0v) is 21.6. The minimum Gasteiger partial charge on any atom is -0.473 e. The molecule has 3 aromatic rings. The van der Waals surface area contributed by atoms with Gasteiger partial charge >= 0.3 is 0 Å². The van der Waals surface area contributed by atoms with Crippen LogP contribution in [0.3, 0.4) is 0 Å². The van der Waals surface area contributed by atoms with Gasteiger partial charge in [-0.15, -0.1) is 0 Å². The molecule has 0 amide bonds. The molecule has 1 fully saturated rings. The van der Waals surface area contributed by atoms with Crippen molar-refractivity contribution >= 4 is 11.3 Å². The van der Waals surface area contributed by atoms with Gasteiger partial charge in [0, 0.05) is 31.0 Å². The minimum absolute atomic E-state index is 0.0192. The maximum atomic E-state index is 6.03. The highest BCUT2D eigenvalue weighted by atomic mass is 16.5. The van der Waals surface area contributed by atoms with Crippen LogP contribution in [0.2, 0.25) is 0 Å². The van der Waals surface area contributed by atoms with Gasteiger partial charge in [0.2, 0.25) is 0 Å². The van der Waals surface area contributed by atoms with Gasteiger partial charge in [-0.3, -0.25) is 9.97 Å². The molecule has 5 rings (SSSR count). The lowest BCUT2D eigenvalue weighted by molar-refractivity contribution is 0.0493. The Hall–Kier alpha value is -3.60. The van der Waals surface area contributed by atoms with Crippen molar-refractivity contribution in [3.8, 4) is 11.1 Å². The first-order valence-corrected chi connectivity index (χ1v) is 12.9. The number of aromatic nitrogens is 2. The number of benzene rings is 1. The topological polar surface area (TPSA) is 50.3 Å². The summed E-state index contributed by atoms with van der Waals surface area (Å²) >= 11 is 0. The standard InChI is InChI=1S/C31H36N4O/c1-22-20-28(11-16-32-22)26-7-5-25(6-8-26)19-23(2)34-29-9-10-30(33-21-29)27-12-17-35(18-13-27)24(3)36-31(4)14-15-31/h5-12,16,20-21,23,34H,3,13-15,17-19H2,1-2,4H3. The van der Waals surface area contributed by atoms with Crippen molar-refractivity contribution in [1.82, 2.24) is 14.9 Å². The second-order valence-corrected chi connectivity index (χ2v) is 10.4. The molecule has 0 radical (unpaired) electrons. The van der Waals surface area contributed by atoms with E-state index < -0.39 is 0 Å². The van der Waals surface area contributed by atoms with Crippen molar-refractivity contribution in [2.24, 2.45) is 0 Å². The summed E-state index contributed by atoms with van der Waals surface area (Å²) < 4.78 is 6.03. The van der Waals surface area contributed by atoms with Crippen molar-refractivity contribution in [3.63, 3.8) is 0 Å². The number of hydrogen-bond donors (Lipinski definition) is 1. The smallest absolute Gasteiger partial charge is 0.182 e. The molecule has 1 saturated carbocycles. The lowest BCUT2D eigenvalue weighted by atomic mass is 10.0. The van der Waals surface area contributed by atoms with E-state index in [0.29, 0.717) is 6.04 Å². The van der Waals surface area contributed by atoms with Gasteiger partial charge in [0.15, 0.2) is 5.88 Å². The molecule has 1 aromatic carbocycles. The van der Waals surface area contributed by atoms with E-state index in [-0.39, 0.29) is 5.60 Å². The van der Waals surface area contributed by atoms with Gasteiger partial charge in [-0.25, -0.2) is 0 Å². The van der Waals surface area contributed by atoms with Crippen molar-refractivity contribution in [1.29, 1.82) is 0 Å². The maximum Gasteiger partial charge on any atom is 0.182 e. The van der Waals surface area contributed by atoms with Crippen LogP contribution in [0.15, 0.2) is 79.5 Å². The third-order valence-corrected chi connectivity index (χ3v) is 7.11. The molecule has 5 heteroatoms. The lowest BCUT2D eigenvalue weighted by Gasteiger charge is -2.31. The quantitative estimate of drug-likeness (QED) is 0.349. The predicted molar refractivity (Wildman–Crippen MR) is 147 cm³/mol. The molecule has 0 bridgehead atoms. The number of hydrogen-bond acceptors (Lipinski definition) is 5. The SMILES string of the molecule is C=C(OC1(C)CC1)N1CC=C(c2ccc(NC(C)Cc3ccc(-c4ccnc(C)c4)cc3)cn2)CC1. The molecule has 186 valence electrons. The zero-order valence-electron chi connectivity index (χ0n) is 21.6. The molecule has 36 heavy (non-hydrogen) atoms. The highest BCUT2D eigenvalue weighted by Crippen LogP contribution is 2.41. The van der Waals surface area contributed by atoms with Crippen LogP contribution in [0, 0.1) is 6.92 Å². The van der Waals surface area contributed by atoms with Gasteiger partial charge in [0.1, 0.15) is 5.60 Å². The van der Waals surface area contributed by atoms with Crippen LogP contribution in [-0.4, -0.2) is 39.6 Å². The number of rotatable bonds is 9. The highest BCUT2D eigenvalue weighted by molar-refractivity contribution is 5.65. The Morgan fingerprint density at radius 3 is 2.56 bits per heavy atom. The Bertz CT molecular complexity index is 1240. The molecule has 1 aliphatic heterocycles. The summed E-state index contributed by atoms with van der Waals surface area (Å²) in [6, 6.07) is 17.6. The molecule has 1 atom stereocenters. The third kappa shape index (κ3) is 5.96. The fourth-order valence-electron chi connectivity index (χ4n) is 4.67. The lowest BCUT2D eigenvalue weighted by Crippen LogP contribution is -2.30. The van der Waals surface area contributed by atoms with E-state index in [2.05, 4.69) is 90.2 Å². The number of anilines is 1. The summed E-state index contributed by atoms with van der Waals surface area (Å²) in [6.45, 7) is 12.3. The Balaban J connectivity index is 1.13. The van der Waals surface area contributed by atoms with Gasteiger partial charge in [0.05, 0.1) is 17.6 Å². The Kier molecular flexibility index (Phi) is 6.82. The number of nitrogens with one attached hydrogen (secondary N) is 1. The number of pyridine rings is 2. The third-order valence-electron chi connectivity index (χ3n) is 7.11. The molecular weight excluding hydrogens is 444 g/mol. The van der Waals surface area contributed by atoms with Crippen LogP contribution in [0.25, 0.3) is 16.7 Å². The molecule has 5 nitrogen and oxygen atoms in total. The first-order valence-electron chi connectivity index (χ1n) is 12.9. The first kappa shape index (κ1) is 24.1. The van der Waals surface area contributed by atoms with Crippen LogP contribution in [0.4, 0.5) is 5.69 Å². The summed E-state index contributed by atoms with van der Waals surface area (Å²) in [5.74, 6) is 0.800. The number of ether oxygens (including phenoxy) is 1. The Morgan fingerprint density at radius 2 is 1.92 bits per heavy atom. The van der Waals surface area contributed by atoms with Crippen molar-refractivity contribution < 1.29 is 4.74 Å². The van der Waals surface area contributed by atoms with Crippen molar-refractivity contribution in [2.45, 2.75) is 58.1 Å². The van der Waals surface area contributed by atoms with E-state index in [1.54, 1.807) is 0 Å². The first-order chi connectivity index (χ1) is 17.4. The normalized spacial score (nSPS) is 17.2. The average Bonchev–Trinajstić information content (AvgIpc) is 3.61. The van der Waals surface area contributed by atoms with Crippen LogP contribution < -0.4 is 5.32 Å². The molecule has 0 saturated heterocycles. The summed E-state index contributed by atoms with van der Waals surface area (Å²) in [4.78, 5) is 11.3. The monoisotopic (exact) mass is 480 g/mol. The summed E-state index contributed by atoms with van der Waals surface area (Å²) in [7, 11) is 0. The largest absolute Gasteiger partial charge is 0.473 e. The van der Waals surface area contributed by atoms with E-state index in [1.807, 2.05) is 19.3 Å². The molecule has 2 aliphatic rings. The molecular formula is C31H36N4O. The average molecular weight is 481 g/mol. The molecule has 1 unspecified atom stereocenters. The maximum absolute atomic E-state index is 6.03. The van der Waals surface area contributed by atoms with Gasteiger partial charge in [-0.2, -0.15) is 0 Å². The van der Waals surface area contributed by atoms with Crippen LogP contribution in [-0.2, 0) is 11.2 Å². The predicted octanol–water partition coefficient (Wildman–Crippen LogP) is 6.62.